The van der Waals surface area contributed by atoms with E-state index in [9.17, 15) is 0 Å². The molecule has 35 heavy (non-hydrogen) atoms. The Balaban J connectivity index is 1.43. The molecule has 1 nitrogen and oxygen atoms in total. The van der Waals surface area contributed by atoms with E-state index in [-0.39, 0.29) is 0 Å². The first-order valence-electron chi connectivity index (χ1n) is 11.9. The van der Waals surface area contributed by atoms with Gasteiger partial charge in [0.1, 0.15) is 0 Å². The highest BCUT2D eigenvalue weighted by atomic mass is 15.1. The smallest absolute Gasteiger partial charge is 0.0462 e. The Hall–Kier alpha value is -4.62. The normalized spacial score (nSPS) is 10.7. The van der Waals surface area contributed by atoms with Gasteiger partial charge in [0.15, 0.2) is 0 Å². The molecule has 0 heterocycles. The molecule has 0 fully saturated rings. The molecular formula is C34H27N. The Morgan fingerprint density at radius 1 is 0.429 bits per heavy atom. The van der Waals surface area contributed by atoms with Crippen molar-refractivity contribution in [2.24, 2.45) is 0 Å². The molecule has 0 aliphatic heterocycles. The molecule has 5 aromatic rings. The summed E-state index contributed by atoms with van der Waals surface area (Å²) in [7, 11) is 0. The highest BCUT2D eigenvalue weighted by Crippen LogP contribution is 2.34. The topological polar surface area (TPSA) is 3.24 Å². The first kappa shape index (κ1) is 22.2. The van der Waals surface area contributed by atoms with Gasteiger partial charge in [0, 0.05) is 17.1 Å². The van der Waals surface area contributed by atoms with Crippen LogP contribution in [0.1, 0.15) is 16.7 Å². The Morgan fingerprint density at radius 3 is 1.29 bits per heavy atom. The number of para-hydroxylation sites is 2. The number of allylic oxidation sites excluding steroid dienone is 2. The summed E-state index contributed by atoms with van der Waals surface area (Å²) in [6, 6.07) is 50.7. The molecule has 0 atom stereocenters. The average molecular weight is 450 g/mol. The minimum atomic E-state index is 1.13. The summed E-state index contributed by atoms with van der Waals surface area (Å²) >= 11 is 0. The molecule has 0 saturated heterocycles. The first-order chi connectivity index (χ1) is 17.4. The average Bonchev–Trinajstić information content (AvgIpc) is 2.94. The van der Waals surface area contributed by atoms with Crippen molar-refractivity contribution in [3.63, 3.8) is 0 Å². The second kappa shape index (κ2) is 11.0. The van der Waals surface area contributed by atoms with Gasteiger partial charge in [0.05, 0.1) is 0 Å². The van der Waals surface area contributed by atoms with E-state index in [1.807, 2.05) is 12.1 Å². The van der Waals surface area contributed by atoms with Gasteiger partial charge in [-0.25, -0.2) is 0 Å². The van der Waals surface area contributed by atoms with Crippen molar-refractivity contribution in [1.29, 1.82) is 0 Å². The fourth-order valence-electron chi connectivity index (χ4n) is 4.19. The lowest BCUT2D eigenvalue weighted by atomic mass is 9.97. The second-order valence-corrected chi connectivity index (χ2v) is 8.27. The zero-order chi connectivity index (χ0) is 23.7. The van der Waals surface area contributed by atoms with Crippen LogP contribution in [0.2, 0.25) is 0 Å². The van der Waals surface area contributed by atoms with Crippen LogP contribution in [-0.2, 0) is 0 Å². The maximum Gasteiger partial charge on any atom is 0.0462 e. The van der Waals surface area contributed by atoms with Crippen LogP contribution < -0.4 is 4.90 Å². The Labute approximate surface area is 208 Å². The number of nitrogens with zero attached hydrogens (tertiary/aromatic N) is 1. The van der Waals surface area contributed by atoms with Crippen molar-refractivity contribution < 1.29 is 0 Å². The molecule has 0 aliphatic rings. The number of hydrogen-bond acceptors (Lipinski definition) is 1. The van der Waals surface area contributed by atoms with E-state index in [2.05, 4.69) is 157 Å². The maximum absolute atomic E-state index is 2.27. The summed E-state index contributed by atoms with van der Waals surface area (Å²) in [5, 5.41) is 0. The van der Waals surface area contributed by atoms with E-state index >= 15 is 0 Å². The third-order valence-corrected chi connectivity index (χ3v) is 5.90. The lowest BCUT2D eigenvalue weighted by molar-refractivity contribution is 1.28. The van der Waals surface area contributed by atoms with E-state index in [1.165, 1.54) is 16.7 Å². The molecular weight excluding hydrogens is 422 g/mol. The van der Waals surface area contributed by atoms with E-state index in [1.54, 1.807) is 0 Å². The number of rotatable bonds is 7. The molecule has 0 unspecified atom stereocenters. The first-order valence-corrected chi connectivity index (χ1v) is 11.9. The molecule has 0 amide bonds. The van der Waals surface area contributed by atoms with Crippen molar-refractivity contribution >= 4 is 28.7 Å². The van der Waals surface area contributed by atoms with Crippen LogP contribution in [0, 0.1) is 0 Å². The molecule has 0 bridgehead atoms. The molecule has 0 aliphatic carbocycles. The van der Waals surface area contributed by atoms with Gasteiger partial charge in [-0.3, -0.25) is 0 Å². The molecule has 1 heteroatoms. The van der Waals surface area contributed by atoms with Crippen molar-refractivity contribution in [2.75, 3.05) is 4.90 Å². The lowest BCUT2D eigenvalue weighted by Gasteiger charge is -2.25. The quantitative estimate of drug-likeness (QED) is 0.224. The standard InChI is InChI=1S/C34H27N/c1-5-15-29(16-6-1)34(30-17-7-2-8-18-30)23-13-14-28-24-26-33(27-25-28)35(31-19-9-3-10-20-31)32-21-11-4-12-22-32/h1-27H/b14-13+. The second-order valence-electron chi connectivity index (χ2n) is 8.27. The van der Waals surface area contributed by atoms with E-state index in [0.717, 1.165) is 22.6 Å². The van der Waals surface area contributed by atoms with Crippen LogP contribution in [0.5, 0.6) is 0 Å². The third-order valence-electron chi connectivity index (χ3n) is 5.90. The van der Waals surface area contributed by atoms with Crippen LogP contribution in [0.3, 0.4) is 0 Å². The van der Waals surface area contributed by atoms with E-state index in [4.69, 9.17) is 0 Å². The van der Waals surface area contributed by atoms with Crippen molar-refractivity contribution in [2.45, 2.75) is 0 Å². The largest absolute Gasteiger partial charge is 0.311 e. The minimum Gasteiger partial charge on any atom is -0.311 e. The van der Waals surface area contributed by atoms with Gasteiger partial charge in [-0.2, -0.15) is 0 Å². The third kappa shape index (κ3) is 5.48. The lowest BCUT2D eigenvalue weighted by Crippen LogP contribution is -2.09. The molecule has 5 rings (SSSR count). The summed E-state index contributed by atoms with van der Waals surface area (Å²) in [5.74, 6) is 0. The summed E-state index contributed by atoms with van der Waals surface area (Å²) in [4.78, 5) is 2.27. The van der Waals surface area contributed by atoms with Gasteiger partial charge in [0.2, 0.25) is 0 Å². The molecule has 0 spiro atoms. The monoisotopic (exact) mass is 449 g/mol. The summed E-state index contributed by atoms with van der Waals surface area (Å²) in [6.07, 6.45) is 6.49. The van der Waals surface area contributed by atoms with Gasteiger partial charge >= 0.3 is 0 Å². The van der Waals surface area contributed by atoms with Crippen molar-refractivity contribution in [3.8, 4) is 0 Å². The molecule has 0 N–H and O–H groups in total. The van der Waals surface area contributed by atoms with Gasteiger partial charge < -0.3 is 4.90 Å². The summed E-state index contributed by atoms with van der Waals surface area (Å²) in [6.45, 7) is 0. The fraction of sp³-hybridized carbons (Fsp3) is 0. The van der Waals surface area contributed by atoms with Gasteiger partial charge in [-0.1, -0.05) is 127 Å². The van der Waals surface area contributed by atoms with Gasteiger partial charge in [-0.15, -0.1) is 0 Å². The molecule has 0 saturated carbocycles. The zero-order valence-corrected chi connectivity index (χ0v) is 19.5. The van der Waals surface area contributed by atoms with Crippen molar-refractivity contribution in [1.82, 2.24) is 0 Å². The SMILES string of the molecule is C(/C=C/c1ccc(N(c2ccccc2)c2ccccc2)cc1)=C(c1ccccc1)c1ccccc1. The Bertz CT molecular complexity index is 1300. The number of benzene rings is 5. The Kier molecular flexibility index (Phi) is 6.97. The van der Waals surface area contributed by atoms with Gasteiger partial charge in [0.25, 0.3) is 0 Å². The highest BCUT2D eigenvalue weighted by Gasteiger charge is 2.11. The maximum atomic E-state index is 2.27. The number of hydrogen-bond donors (Lipinski definition) is 0. The zero-order valence-electron chi connectivity index (χ0n) is 19.5. The highest BCUT2D eigenvalue weighted by molar-refractivity contribution is 5.82. The predicted molar refractivity (Wildman–Crippen MR) is 150 cm³/mol. The van der Waals surface area contributed by atoms with E-state index in [0.29, 0.717) is 0 Å². The molecule has 5 aromatic carbocycles. The summed E-state index contributed by atoms with van der Waals surface area (Å²) in [5.41, 5.74) is 8.19. The van der Waals surface area contributed by atoms with Crippen LogP contribution in [-0.4, -0.2) is 0 Å². The van der Waals surface area contributed by atoms with E-state index < -0.39 is 0 Å². The van der Waals surface area contributed by atoms with Crippen LogP contribution in [0.15, 0.2) is 158 Å². The minimum absolute atomic E-state index is 1.13. The molecule has 0 radical (unpaired) electrons. The van der Waals surface area contributed by atoms with Crippen LogP contribution >= 0.6 is 0 Å². The van der Waals surface area contributed by atoms with Crippen molar-refractivity contribution in [3.05, 3.63) is 174 Å². The molecule has 168 valence electrons. The van der Waals surface area contributed by atoms with Gasteiger partial charge in [-0.05, 0) is 58.7 Å². The molecule has 0 aromatic heterocycles. The fourth-order valence-corrected chi connectivity index (χ4v) is 4.19. The summed E-state index contributed by atoms with van der Waals surface area (Å²) < 4.78 is 0. The van der Waals surface area contributed by atoms with Crippen LogP contribution in [0.4, 0.5) is 17.1 Å². The predicted octanol–water partition coefficient (Wildman–Crippen LogP) is 9.30. The van der Waals surface area contributed by atoms with Crippen LogP contribution in [0.25, 0.3) is 11.6 Å². The Morgan fingerprint density at radius 2 is 0.829 bits per heavy atom. The number of anilines is 3.